The average molecular weight is 484 g/mol. The Kier molecular flexibility index (Phi) is 6.65. The van der Waals surface area contributed by atoms with Gasteiger partial charge >= 0.3 is 6.18 Å². The topological polar surface area (TPSA) is 40.6 Å². The van der Waals surface area contributed by atoms with Gasteiger partial charge in [-0.05, 0) is 73.5 Å². The van der Waals surface area contributed by atoms with Crippen LogP contribution in [0.25, 0.3) is 0 Å². The zero-order chi connectivity index (χ0) is 25.3. The van der Waals surface area contributed by atoms with Crippen molar-refractivity contribution >= 4 is 23.2 Å². The number of hydrogen-bond acceptors (Lipinski definition) is 2. The van der Waals surface area contributed by atoms with Crippen LogP contribution in [0.15, 0.2) is 72.8 Å². The number of benzene rings is 3. The second kappa shape index (κ2) is 9.52. The van der Waals surface area contributed by atoms with Gasteiger partial charge in [-0.3, -0.25) is 9.59 Å². The molecule has 2 amide bonds. The number of halogens is 4. The van der Waals surface area contributed by atoms with Crippen molar-refractivity contribution in [1.29, 1.82) is 0 Å². The lowest BCUT2D eigenvalue weighted by Gasteiger charge is -2.43. The maximum Gasteiger partial charge on any atom is 0.416 e. The van der Waals surface area contributed by atoms with Gasteiger partial charge < -0.3 is 9.80 Å². The van der Waals surface area contributed by atoms with Crippen LogP contribution >= 0.6 is 0 Å². The van der Waals surface area contributed by atoms with Gasteiger partial charge in [0.25, 0.3) is 5.91 Å². The van der Waals surface area contributed by atoms with Gasteiger partial charge in [0.05, 0.1) is 11.6 Å². The van der Waals surface area contributed by atoms with Gasteiger partial charge in [0.1, 0.15) is 5.82 Å². The van der Waals surface area contributed by atoms with Gasteiger partial charge in [-0.25, -0.2) is 4.39 Å². The van der Waals surface area contributed by atoms with E-state index in [-0.39, 0.29) is 24.3 Å². The summed E-state index contributed by atoms with van der Waals surface area (Å²) in [7, 11) is 0. The van der Waals surface area contributed by atoms with E-state index >= 15 is 0 Å². The molecule has 0 saturated heterocycles. The molecule has 4 rings (SSSR count). The van der Waals surface area contributed by atoms with Gasteiger partial charge in [0, 0.05) is 29.4 Å². The summed E-state index contributed by atoms with van der Waals surface area (Å²) in [5.74, 6) is -0.986. The standard InChI is InChI=1S/C27H24F4N2O2/c1-3-25(34)33(21-14-10-19(11-15-21)27(29,30)31)24-16-17(2)32(23-7-5-4-6-22(23)24)26(35)18-8-12-20(28)13-9-18/h4-15,17,24H,3,16H2,1-2H3/t17?,24-/m0/s1. The van der Waals surface area contributed by atoms with E-state index < -0.39 is 23.6 Å². The third-order valence-corrected chi connectivity index (χ3v) is 6.23. The fraction of sp³-hybridized carbons (Fsp3) is 0.259. The SMILES string of the molecule is CCC(=O)N(c1ccc(C(F)(F)F)cc1)[C@H]1CC(C)N(C(=O)c2ccc(F)cc2)c2ccccc21. The van der Waals surface area contributed by atoms with Crippen LogP contribution in [0.4, 0.5) is 28.9 Å². The lowest BCUT2D eigenvalue weighted by atomic mass is 9.89. The second-order valence-corrected chi connectivity index (χ2v) is 8.50. The van der Waals surface area contributed by atoms with Gasteiger partial charge in [0.15, 0.2) is 0 Å². The first kappa shape index (κ1) is 24.4. The number of nitrogens with zero attached hydrogens (tertiary/aromatic N) is 2. The minimum absolute atomic E-state index is 0.159. The van der Waals surface area contributed by atoms with E-state index in [9.17, 15) is 27.2 Å². The van der Waals surface area contributed by atoms with Crippen molar-refractivity contribution in [3.8, 4) is 0 Å². The number of para-hydroxylation sites is 1. The van der Waals surface area contributed by atoms with Crippen molar-refractivity contribution < 1.29 is 27.2 Å². The highest BCUT2D eigenvalue weighted by Gasteiger charge is 2.39. The Morgan fingerprint density at radius 1 is 0.971 bits per heavy atom. The summed E-state index contributed by atoms with van der Waals surface area (Å²) in [6.07, 6.45) is -3.95. The monoisotopic (exact) mass is 484 g/mol. The van der Waals surface area contributed by atoms with Gasteiger partial charge in [-0.1, -0.05) is 25.1 Å². The van der Waals surface area contributed by atoms with Gasteiger partial charge in [0.2, 0.25) is 5.91 Å². The smallest absolute Gasteiger partial charge is 0.305 e. The van der Waals surface area contributed by atoms with Crippen molar-refractivity contribution in [3.05, 3.63) is 95.3 Å². The maximum atomic E-state index is 13.4. The third kappa shape index (κ3) is 4.78. The Bertz CT molecular complexity index is 1220. The Morgan fingerprint density at radius 2 is 1.60 bits per heavy atom. The molecule has 0 saturated carbocycles. The minimum Gasteiger partial charge on any atom is -0.305 e. The normalized spacial score (nSPS) is 17.6. The number of hydrogen-bond donors (Lipinski definition) is 0. The molecule has 35 heavy (non-hydrogen) atoms. The molecule has 4 nitrogen and oxygen atoms in total. The van der Waals surface area contributed by atoms with Crippen LogP contribution < -0.4 is 9.80 Å². The number of alkyl halides is 3. The molecular weight excluding hydrogens is 460 g/mol. The quantitative estimate of drug-likeness (QED) is 0.384. The summed E-state index contributed by atoms with van der Waals surface area (Å²) >= 11 is 0. The number of anilines is 2. The summed E-state index contributed by atoms with van der Waals surface area (Å²) in [5, 5.41) is 0. The summed E-state index contributed by atoms with van der Waals surface area (Å²) in [4.78, 5) is 29.6. The van der Waals surface area contributed by atoms with Crippen LogP contribution in [0, 0.1) is 5.82 Å². The average Bonchev–Trinajstić information content (AvgIpc) is 2.84. The highest BCUT2D eigenvalue weighted by molar-refractivity contribution is 6.07. The van der Waals surface area contributed by atoms with E-state index in [0.717, 1.165) is 12.1 Å². The van der Waals surface area contributed by atoms with Crippen LogP contribution in [0.5, 0.6) is 0 Å². The molecule has 0 spiro atoms. The van der Waals surface area contributed by atoms with Crippen LogP contribution in [-0.2, 0) is 11.0 Å². The van der Waals surface area contributed by atoms with Crippen molar-refractivity contribution in [3.63, 3.8) is 0 Å². The van der Waals surface area contributed by atoms with Gasteiger partial charge in [-0.2, -0.15) is 13.2 Å². The van der Waals surface area contributed by atoms with E-state index in [1.54, 1.807) is 30.0 Å². The molecule has 0 aliphatic carbocycles. The molecule has 0 bridgehead atoms. The summed E-state index contributed by atoms with van der Waals surface area (Å²) in [5.41, 5.74) is 1.21. The Balaban J connectivity index is 1.76. The first-order chi connectivity index (χ1) is 16.6. The molecule has 0 radical (unpaired) electrons. The Hall–Kier alpha value is -3.68. The van der Waals surface area contributed by atoms with E-state index in [0.29, 0.717) is 28.9 Å². The van der Waals surface area contributed by atoms with Crippen molar-refractivity contribution in [1.82, 2.24) is 0 Å². The van der Waals surface area contributed by atoms with Crippen LogP contribution in [-0.4, -0.2) is 17.9 Å². The fourth-order valence-electron chi connectivity index (χ4n) is 4.55. The van der Waals surface area contributed by atoms with Crippen molar-refractivity contribution in [2.45, 2.75) is 44.9 Å². The molecule has 1 unspecified atom stereocenters. The second-order valence-electron chi connectivity index (χ2n) is 8.50. The van der Waals surface area contributed by atoms with Crippen molar-refractivity contribution in [2.24, 2.45) is 0 Å². The molecule has 1 aliphatic rings. The minimum atomic E-state index is -4.48. The molecule has 182 valence electrons. The molecule has 8 heteroatoms. The van der Waals surface area contributed by atoms with Gasteiger partial charge in [-0.15, -0.1) is 0 Å². The predicted octanol–water partition coefficient (Wildman–Crippen LogP) is 6.77. The van der Waals surface area contributed by atoms with E-state index in [1.807, 2.05) is 13.0 Å². The molecule has 3 aromatic carbocycles. The lowest BCUT2D eigenvalue weighted by molar-refractivity contribution is -0.137. The zero-order valence-corrected chi connectivity index (χ0v) is 19.2. The first-order valence-electron chi connectivity index (χ1n) is 11.3. The molecule has 0 N–H and O–H groups in total. The predicted molar refractivity (Wildman–Crippen MR) is 126 cm³/mol. The van der Waals surface area contributed by atoms with E-state index in [2.05, 4.69) is 0 Å². The number of rotatable bonds is 4. The summed E-state index contributed by atoms with van der Waals surface area (Å²) in [6, 6.07) is 16.2. The Labute approximate surface area is 200 Å². The summed E-state index contributed by atoms with van der Waals surface area (Å²) < 4.78 is 52.7. The number of amides is 2. The number of carbonyl (C=O) groups is 2. The largest absolute Gasteiger partial charge is 0.416 e. The maximum absolute atomic E-state index is 13.4. The zero-order valence-electron chi connectivity index (χ0n) is 19.2. The molecular formula is C27H24F4N2O2. The molecule has 3 aromatic rings. The molecule has 2 atom stereocenters. The van der Waals surface area contributed by atoms with Crippen molar-refractivity contribution in [2.75, 3.05) is 9.80 Å². The highest BCUT2D eigenvalue weighted by atomic mass is 19.4. The molecule has 0 fully saturated rings. The molecule has 1 aliphatic heterocycles. The Morgan fingerprint density at radius 3 is 2.20 bits per heavy atom. The number of carbonyl (C=O) groups excluding carboxylic acids is 2. The van der Waals surface area contributed by atoms with Crippen LogP contribution in [0.2, 0.25) is 0 Å². The summed E-state index contributed by atoms with van der Waals surface area (Å²) in [6.45, 7) is 3.55. The highest BCUT2D eigenvalue weighted by Crippen LogP contribution is 2.43. The van der Waals surface area contributed by atoms with E-state index in [1.165, 1.54) is 41.3 Å². The fourth-order valence-corrected chi connectivity index (χ4v) is 4.55. The number of fused-ring (bicyclic) bond motifs is 1. The lowest BCUT2D eigenvalue weighted by Crippen LogP contribution is -2.47. The molecule has 1 heterocycles. The third-order valence-electron chi connectivity index (χ3n) is 6.23. The van der Waals surface area contributed by atoms with Crippen LogP contribution in [0.1, 0.15) is 54.2 Å². The van der Waals surface area contributed by atoms with E-state index in [4.69, 9.17) is 0 Å². The van der Waals surface area contributed by atoms with Crippen LogP contribution in [0.3, 0.4) is 0 Å². The first-order valence-corrected chi connectivity index (χ1v) is 11.3. The molecule has 0 aromatic heterocycles.